The van der Waals surface area contributed by atoms with Gasteiger partial charge in [-0.3, -0.25) is 9.59 Å². The molecule has 1 aromatic carbocycles. The molecule has 2 amide bonds. The van der Waals surface area contributed by atoms with E-state index >= 15 is 0 Å². The number of carbonyl (C=O) groups excluding carboxylic acids is 2. The van der Waals surface area contributed by atoms with Crippen LogP contribution in [0, 0.1) is 0 Å². The molecule has 1 atom stereocenters. The molecule has 0 bridgehead atoms. The first-order chi connectivity index (χ1) is 8.72. The van der Waals surface area contributed by atoms with Gasteiger partial charge in [0.2, 0.25) is 21.8 Å². The Kier molecular flexibility index (Phi) is 4.62. The van der Waals surface area contributed by atoms with Crippen LogP contribution in [0.1, 0.15) is 13.8 Å². The minimum atomic E-state index is -3.81. The van der Waals surface area contributed by atoms with Crippen LogP contribution in [0.4, 0.5) is 5.69 Å². The molecule has 0 fully saturated rings. The van der Waals surface area contributed by atoms with E-state index in [1.807, 2.05) is 0 Å². The predicted molar refractivity (Wildman–Crippen MR) is 69.7 cm³/mol. The quantitative estimate of drug-likeness (QED) is 0.694. The smallest absolute Gasteiger partial charge is 0.241 e. The van der Waals surface area contributed by atoms with Gasteiger partial charge in [-0.15, -0.1) is 0 Å². The first-order valence-electron chi connectivity index (χ1n) is 5.41. The third-order valence-electron chi connectivity index (χ3n) is 2.24. The van der Waals surface area contributed by atoms with Crippen LogP contribution in [-0.2, 0) is 19.6 Å². The minimum Gasteiger partial charge on any atom is -0.368 e. The van der Waals surface area contributed by atoms with Crippen LogP contribution in [0.25, 0.3) is 0 Å². The van der Waals surface area contributed by atoms with Crippen molar-refractivity contribution in [2.45, 2.75) is 24.8 Å². The van der Waals surface area contributed by atoms with Gasteiger partial charge in [-0.1, -0.05) is 0 Å². The lowest BCUT2D eigenvalue weighted by molar-refractivity contribution is -0.119. The van der Waals surface area contributed by atoms with Crippen molar-refractivity contribution in [1.29, 1.82) is 0 Å². The number of anilines is 1. The Morgan fingerprint density at radius 1 is 1.21 bits per heavy atom. The van der Waals surface area contributed by atoms with Crippen molar-refractivity contribution in [3.8, 4) is 0 Å². The lowest BCUT2D eigenvalue weighted by atomic mass is 10.3. The van der Waals surface area contributed by atoms with E-state index < -0.39 is 22.0 Å². The summed E-state index contributed by atoms with van der Waals surface area (Å²) < 4.78 is 25.9. The largest absolute Gasteiger partial charge is 0.368 e. The molecule has 0 aliphatic carbocycles. The number of primary amides is 1. The molecule has 0 unspecified atom stereocenters. The molecule has 0 spiro atoms. The Balaban J connectivity index is 2.90. The molecular weight excluding hydrogens is 270 g/mol. The maximum Gasteiger partial charge on any atom is 0.241 e. The SMILES string of the molecule is CC(=O)Nc1ccc(S(=O)(=O)N[C@@H](C)C(N)=O)cc1. The first-order valence-corrected chi connectivity index (χ1v) is 6.90. The Morgan fingerprint density at radius 3 is 2.16 bits per heavy atom. The van der Waals surface area contributed by atoms with Crippen LogP contribution < -0.4 is 15.8 Å². The van der Waals surface area contributed by atoms with E-state index in [2.05, 4.69) is 10.0 Å². The number of carbonyl (C=O) groups is 2. The minimum absolute atomic E-state index is 0.0188. The van der Waals surface area contributed by atoms with Gasteiger partial charge in [-0.25, -0.2) is 8.42 Å². The fourth-order valence-electron chi connectivity index (χ4n) is 1.28. The summed E-state index contributed by atoms with van der Waals surface area (Å²) >= 11 is 0. The summed E-state index contributed by atoms with van der Waals surface area (Å²) in [5.74, 6) is -1.02. The summed E-state index contributed by atoms with van der Waals surface area (Å²) in [6.45, 7) is 2.70. The van der Waals surface area contributed by atoms with E-state index in [1.165, 1.54) is 38.1 Å². The van der Waals surface area contributed by atoms with Gasteiger partial charge in [-0.05, 0) is 31.2 Å². The predicted octanol–water partition coefficient (Wildman–Crippen LogP) is -0.203. The van der Waals surface area contributed by atoms with Gasteiger partial charge in [-0.2, -0.15) is 4.72 Å². The number of sulfonamides is 1. The van der Waals surface area contributed by atoms with Crippen LogP contribution in [0.5, 0.6) is 0 Å². The molecule has 104 valence electrons. The van der Waals surface area contributed by atoms with Gasteiger partial charge >= 0.3 is 0 Å². The van der Waals surface area contributed by atoms with Crippen molar-refractivity contribution in [3.05, 3.63) is 24.3 Å². The van der Waals surface area contributed by atoms with Crippen LogP contribution in [0.3, 0.4) is 0 Å². The maximum atomic E-state index is 11.9. The monoisotopic (exact) mass is 285 g/mol. The Labute approximate surface area is 111 Å². The number of hydrogen-bond donors (Lipinski definition) is 3. The zero-order valence-electron chi connectivity index (χ0n) is 10.5. The molecule has 0 aliphatic rings. The number of rotatable bonds is 5. The molecule has 0 heterocycles. The number of nitrogens with two attached hydrogens (primary N) is 1. The van der Waals surface area contributed by atoms with Gasteiger partial charge in [0, 0.05) is 12.6 Å². The van der Waals surface area contributed by atoms with Crippen molar-refractivity contribution < 1.29 is 18.0 Å². The van der Waals surface area contributed by atoms with Crippen LogP contribution in [0.2, 0.25) is 0 Å². The normalized spacial score (nSPS) is 12.7. The fourth-order valence-corrected chi connectivity index (χ4v) is 2.49. The molecule has 0 aliphatic heterocycles. The Hall–Kier alpha value is -1.93. The number of nitrogens with one attached hydrogen (secondary N) is 2. The standard InChI is InChI=1S/C11H15N3O4S/c1-7(11(12)16)14-19(17,18)10-5-3-9(4-6-10)13-8(2)15/h3-7,14H,1-2H3,(H2,12,16)(H,13,15)/t7-/m0/s1. The summed E-state index contributed by atoms with van der Waals surface area (Å²) in [4.78, 5) is 21.6. The third-order valence-corrected chi connectivity index (χ3v) is 3.80. The molecule has 7 nitrogen and oxygen atoms in total. The highest BCUT2D eigenvalue weighted by Crippen LogP contribution is 2.14. The van der Waals surface area contributed by atoms with Gasteiger partial charge < -0.3 is 11.1 Å². The highest BCUT2D eigenvalue weighted by atomic mass is 32.2. The molecule has 0 aromatic heterocycles. The average molecular weight is 285 g/mol. The molecule has 0 saturated heterocycles. The van der Waals surface area contributed by atoms with Crippen molar-refractivity contribution in [2.24, 2.45) is 5.73 Å². The summed E-state index contributed by atoms with van der Waals surface area (Å²) in [7, 11) is -3.81. The molecule has 0 saturated carbocycles. The van der Waals surface area contributed by atoms with Gasteiger partial charge in [0.25, 0.3) is 0 Å². The number of amides is 2. The number of benzene rings is 1. The van der Waals surface area contributed by atoms with E-state index in [9.17, 15) is 18.0 Å². The number of hydrogen-bond acceptors (Lipinski definition) is 4. The second-order valence-electron chi connectivity index (χ2n) is 3.95. The Bertz CT molecular complexity index is 580. The molecule has 1 rings (SSSR count). The zero-order valence-corrected chi connectivity index (χ0v) is 11.3. The molecule has 19 heavy (non-hydrogen) atoms. The van der Waals surface area contributed by atoms with Crippen molar-refractivity contribution in [1.82, 2.24) is 4.72 Å². The van der Waals surface area contributed by atoms with E-state index in [-0.39, 0.29) is 10.8 Å². The summed E-state index contributed by atoms with van der Waals surface area (Å²) in [5.41, 5.74) is 5.47. The average Bonchev–Trinajstić information content (AvgIpc) is 2.28. The van der Waals surface area contributed by atoms with Crippen molar-refractivity contribution >= 4 is 27.5 Å². The fraction of sp³-hybridized carbons (Fsp3) is 0.273. The lowest BCUT2D eigenvalue weighted by Crippen LogP contribution is -2.42. The first kappa shape index (κ1) is 15.1. The van der Waals surface area contributed by atoms with E-state index in [1.54, 1.807) is 0 Å². The van der Waals surface area contributed by atoms with E-state index in [4.69, 9.17) is 5.73 Å². The third kappa shape index (κ3) is 4.34. The van der Waals surface area contributed by atoms with Gasteiger partial charge in [0.15, 0.2) is 0 Å². The molecule has 0 radical (unpaired) electrons. The molecule has 4 N–H and O–H groups in total. The zero-order chi connectivity index (χ0) is 14.6. The maximum absolute atomic E-state index is 11.9. The van der Waals surface area contributed by atoms with Gasteiger partial charge in [0.05, 0.1) is 10.9 Å². The highest BCUT2D eigenvalue weighted by molar-refractivity contribution is 7.89. The van der Waals surface area contributed by atoms with Crippen LogP contribution in [0.15, 0.2) is 29.2 Å². The molecule has 1 aromatic rings. The van der Waals surface area contributed by atoms with Crippen molar-refractivity contribution in [2.75, 3.05) is 5.32 Å². The second-order valence-corrected chi connectivity index (χ2v) is 5.66. The summed E-state index contributed by atoms with van der Waals surface area (Å²) in [5, 5.41) is 2.51. The lowest BCUT2D eigenvalue weighted by Gasteiger charge is -2.11. The van der Waals surface area contributed by atoms with Crippen LogP contribution >= 0.6 is 0 Å². The Morgan fingerprint density at radius 2 is 1.74 bits per heavy atom. The van der Waals surface area contributed by atoms with E-state index in [0.29, 0.717) is 5.69 Å². The van der Waals surface area contributed by atoms with E-state index in [0.717, 1.165) is 0 Å². The van der Waals surface area contributed by atoms with Gasteiger partial charge in [0.1, 0.15) is 0 Å². The topological polar surface area (TPSA) is 118 Å². The second kappa shape index (κ2) is 5.81. The highest BCUT2D eigenvalue weighted by Gasteiger charge is 2.20. The summed E-state index contributed by atoms with van der Waals surface area (Å²) in [6, 6.07) is 4.54. The summed E-state index contributed by atoms with van der Waals surface area (Å²) in [6.07, 6.45) is 0. The molecular formula is C11H15N3O4S. The van der Waals surface area contributed by atoms with Crippen LogP contribution in [-0.4, -0.2) is 26.3 Å². The van der Waals surface area contributed by atoms with Crippen molar-refractivity contribution in [3.63, 3.8) is 0 Å². The molecule has 8 heteroatoms.